The number of carbonyl (C=O) groups is 5. The molecule has 0 aliphatic rings. The maximum Gasteiger partial charge on any atom is 0.326 e. The summed E-state index contributed by atoms with van der Waals surface area (Å²) in [4.78, 5) is 64.1. The molecule has 33 heavy (non-hydrogen) atoms. The molecule has 188 valence electrons. The van der Waals surface area contributed by atoms with Crippen LogP contribution in [-0.4, -0.2) is 71.4 Å². The van der Waals surface area contributed by atoms with Crippen LogP contribution in [0.15, 0.2) is 4.99 Å². The van der Waals surface area contributed by atoms with Gasteiger partial charge in [-0.1, -0.05) is 13.8 Å². The van der Waals surface area contributed by atoms with E-state index < -0.39 is 59.7 Å². The lowest BCUT2D eigenvalue weighted by molar-refractivity contribution is -0.143. The summed E-state index contributed by atoms with van der Waals surface area (Å²) in [5, 5.41) is 16.6. The Bertz CT molecular complexity index is 736. The first-order chi connectivity index (χ1) is 15.3. The number of aliphatic imine (C=N–C) groups is 1. The van der Waals surface area contributed by atoms with Gasteiger partial charge >= 0.3 is 5.97 Å². The van der Waals surface area contributed by atoms with Crippen LogP contribution in [0.3, 0.4) is 0 Å². The van der Waals surface area contributed by atoms with E-state index in [1.807, 2.05) is 0 Å². The van der Waals surface area contributed by atoms with Gasteiger partial charge in [-0.25, -0.2) is 4.79 Å². The van der Waals surface area contributed by atoms with Crippen molar-refractivity contribution in [3.63, 3.8) is 0 Å². The molecular formula is C19H36N8O6. The monoisotopic (exact) mass is 472 g/mol. The van der Waals surface area contributed by atoms with Gasteiger partial charge in [0, 0.05) is 13.0 Å². The van der Waals surface area contributed by atoms with E-state index in [4.69, 9.17) is 22.9 Å². The summed E-state index contributed by atoms with van der Waals surface area (Å²) < 4.78 is 0. The minimum Gasteiger partial charge on any atom is -0.480 e. The number of carboxylic acids is 1. The SMILES string of the molecule is CC(N)C(=O)NC(CCCN=C(N)N)C(=O)NC(CCC(N)=O)C(=O)NC(C(=O)O)C(C)C. The molecule has 4 atom stereocenters. The number of carbonyl (C=O) groups excluding carboxylic acids is 4. The first-order valence-electron chi connectivity index (χ1n) is 10.5. The van der Waals surface area contributed by atoms with Crippen molar-refractivity contribution in [2.75, 3.05) is 6.54 Å². The zero-order valence-electron chi connectivity index (χ0n) is 19.2. The number of hydrogen-bond acceptors (Lipinski definition) is 7. The highest BCUT2D eigenvalue weighted by molar-refractivity contribution is 5.94. The van der Waals surface area contributed by atoms with Crippen molar-refractivity contribution in [1.82, 2.24) is 16.0 Å². The van der Waals surface area contributed by atoms with Gasteiger partial charge in [-0.05, 0) is 32.1 Å². The molecule has 0 aromatic rings. The second-order valence-electron chi connectivity index (χ2n) is 7.93. The Hall–Kier alpha value is -3.42. The normalized spacial score (nSPS) is 14.3. The van der Waals surface area contributed by atoms with E-state index in [9.17, 15) is 29.1 Å². The van der Waals surface area contributed by atoms with Gasteiger partial charge in [-0.2, -0.15) is 0 Å². The molecule has 0 aliphatic heterocycles. The molecule has 0 heterocycles. The summed E-state index contributed by atoms with van der Waals surface area (Å²) >= 11 is 0. The van der Waals surface area contributed by atoms with Crippen LogP contribution in [0.5, 0.6) is 0 Å². The number of amides is 4. The van der Waals surface area contributed by atoms with E-state index in [2.05, 4.69) is 20.9 Å². The molecule has 0 radical (unpaired) electrons. The molecule has 0 aromatic heterocycles. The number of carboxylic acid groups (broad SMARTS) is 1. The van der Waals surface area contributed by atoms with Gasteiger partial charge in [0.15, 0.2) is 5.96 Å². The number of hydrogen-bond donors (Lipinski definition) is 8. The van der Waals surface area contributed by atoms with Crippen molar-refractivity contribution >= 4 is 35.6 Å². The van der Waals surface area contributed by atoms with Gasteiger partial charge in [-0.3, -0.25) is 24.2 Å². The molecule has 0 saturated heterocycles. The molecule has 0 aromatic carbocycles. The number of rotatable bonds is 15. The highest BCUT2D eigenvalue weighted by Crippen LogP contribution is 2.06. The number of nitrogens with zero attached hydrogens (tertiary/aromatic N) is 1. The van der Waals surface area contributed by atoms with E-state index in [-0.39, 0.29) is 31.8 Å². The lowest BCUT2D eigenvalue weighted by Crippen LogP contribution is -2.57. The number of primary amides is 1. The molecule has 14 heteroatoms. The second kappa shape index (κ2) is 14.6. The standard InChI is InChI=1S/C19H36N8O6/c1-9(2)14(18(32)33)27-17(31)12(6-7-13(21)28)26-16(30)11(25-15(29)10(3)20)5-4-8-24-19(22)23/h9-12,14H,4-8,20H2,1-3H3,(H2,21,28)(H,25,29)(H,26,30)(H,27,31)(H,32,33)(H4,22,23,24). The van der Waals surface area contributed by atoms with Crippen LogP contribution < -0.4 is 38.9 Å². The lowest BCUT2D eigenvalue weighted by Gasteiger charge is -2.25. The van der Waals surface area contributed by atoms with Crippen LogP contribution >= 0.6 is 0 Å². The van der Waals surface area contributed by atoms with E-state index in [1.54, 1.807) is 13.8 Å². The van der Waals surface area contributed by atoms with Crippen LogP contribution in [0.1, 0.15) is 46.5 Å². The molecule has 0 spiro atoms. The number of nitrogens with one attached hydrogen (secondary N) is 3. The number of aliphatic carboxylic acids is 1. The Labute approximate surface area is 192 Å². The number of nitrogens with two attached hydrogens (primary N) is 4. The molecule has 0 bridgehead atoms. The van der Waals surface area contributed by atoms with E-state index in [0.29, 0.717) is 6.42 Å². The zero-order chi connectivity index (χ0) is 25.7. The summed E-state index contributed by atoms with van der Waals surface area (Å²) in [6.07, 6.45) is 0.0369. The second-order valence-corrected chi connectivity index (χ2v) is 7.93. The molecule has 4 unspecified atom stereocenters. The third-order valence-corrected chi connectivity index (χ3v) is 4.53. The summed E-state index contributed by atoms with van der Waals surface area (Å²) in [7, 11) is 0. The van der Waals surface area contributed by atoms with Crippen LogP contribution in [0, 0.1) is 5.92 Å². The van der Waals surface area contributed by atoms with Gasteiger partial charge in [0.25, 0.3) is 0 Å². The fraction of sp³-hybridized carbons (Fsp3) is 0.684. The summed E-state index contributed by atoms with van der Waals surface area (Å²) in [5.41, 5.74) is 21.2. The van der Waals surface area contributed by atoms with E-state index in [1.165, 1.54) is 6.92 Å². The van der Waals surface area contributed by atoms with Gasteiger partial charge < -0.3 is 44.0 Å². The van der Waals surface area contributed by atoms with Gasteiger partial charge in [0.05, 0.1) is 6.04 Å². The smallest absolute Gasteiger partial charge is 0.326 e. The average molecular weight is 473 g/mol. The summed E-state index contributed by atoms with van der Waals surface area (Å²) in [6, 6.07) is -4.45. The van der Waals surface area contributed by atoms with E-state index >= 15 is 0 Å². The van der Waals surface area contributed by atoms with Crippen LogP contribution in [0.4, 0.5) is 0 Å². The first kappa shape index (κ1) is 29.6. The molecule has 0 rings (SSSR count). The molecule has 4 amide bonds. The maximum atomic E-state index is 12.9. The Balaban J connectivity index is 5.53. The molecule has 0 aliphatic carbocycles. The maximum absolute atomic E-state index is 12.9. The summed E-state index contributed by atoms with van der Waals surface area (Å²) in [5.74, 6) is -4.65. The largest absolute Gasteiger partial charge is 0.480 e. The quantitative estimate of drug-likeness (QED) is 0.0678. The molecule has 0 saturated carbocycles. The third kappa shape index (κ3) is 12.3. The molecular weight excluding hydrogens is 436 g/mol. The Morgan fingerprint density at radius 3 is 1.82 bits per heavy atom. The zero-order valence-corrected chi connectivity index (χ0v) is 19.2. The topological polar surface area (TPSA) is 258 Å². The summed E-state index contributed by atoms with van der Waals surface area (Å²) in [6.45, 7) is 4.84. The number of guanidine groups is 1. The average Bonchev–Trinajstić information content (AvgIpc) is 2.69. The minimum atomic E-state index is -1.27. The Morgan fingerprint density at radius 1 is 0.848 bits per heavy atom. The Morgan fingerprint density at radius 2 is 1.36 bits per heavy atom. The predicted octanol–water partition coefficient (Wildman–Crippen LogP) is -3.15. The fourth-order valence-electron chi connectivity index (χ4n) is 2.67. The predicted molar refractivity (Wildman–Crippen MR) is 120 cm³/mol. The van der Waals surface area contributed by atoms with Crippen molar-refractivity contribution in [3.8, 4) is 0 Å². The molecule has 0 fully saturated rings. The Kier molecular flexibility index (Phi) is 13.1. The van der Waals surface area contributed by atoms with Crippen molar-refractivity contribution in [3.05, 3.63) is 0 Å². The van der Waals surface area contributed by atoms with Crippen LogP contribution in [0.25, 0.3) is 0 Å². The third-order valence-electron chi connectivity index (χ3n) is 4.53. The van der Waals surface area contributed by atoms with Crippen molar-refractivity contribution in [2.45, 2.75) is 70.6 Å². The van der Waals surface area contributed by atoms with Gasteiger partial charge in [0.1, 0.15) is 18.1 Å². The fourth-order valence-corrected chi connectivity index (χ4v) is 2.67. The highest BCUT2D eigenvalue weighted by Gasteiger charge is 2.31. The van der Waals surface area contributed by atoms with Crippen molar-refractivity contribution in [2.24, 2.45) is 33.8 Å². The molecule has 12 N–H and O–H groups in total. The lowest BCUT2D eigenvalue weighted by atomic mass is 10.0. The first-order valence-corrected chi connectivity index (χ1v) is 10.5. The van der Waals surface area contributed by atoms with E-state index in [0.717, 1.165) is 0 Å². The highest BCUT2D eigenvalue weighted by atomic mass is 16.4. The van der Waals surface area contributed by atoms with Crippen LogP contribution in [0.2, 0.25) is 0 Å². The van der Waals surface area contributed by atoms with Gasteiger partial charge in [-0.15, -0.1) is 0 Å². The minimum absolute atomic E-state index is 0.120. The molecule has 14 nitrogen and oxygen atoms in total. The van der Waals surface area contributed by atoms with Gasteiger partial charge in [0.2, 0.25) is 23.6 Å². The van der Waals surface area contributed by atoms with Crippen molar-refractivity contribution < 1.29 is 29.1 Å². The van der Waals surface area contributed by atoms with Crippen molar-refractivity contribution in [1.29, 1.82) is 0 Å². The van der Waals surface area contributed by atoms with Crippen LogP contribution in [-0.2, 0) is 24.0 Å².